The standard InChI is InChI=1S/C12H22N2O3/c1-12(9-15)5-3-6-14(12)11(16)13-8-10-4-2-7-17-10/h10,15H,2-9H2,1H3,(H,13,16). The first kappa shape index (κ1) is 12.6. The van der Waals surface area contributed by atoms with Crippen molar-refractivity contribution in [3.63, 3.8) is 0 Å². The normalized spacial score (nSPS) is 33.1. The maximum absolute atomic E-state index is 12.0. The molecule has 2 amide bonds. The molecule has 2 rings (SSSR count). The van der Waals surface area contributed by atoms with Crippen molar-refractivity contribution in [1.29, 1.82) is 0 Å². The van der Waals surface area contributed by atoms with Gasteiger partial charge >= 0.3 is 6.03 Å². The zero-order chi connectivity index (χ0) is 12.3. The number of carbonyl (C=O) groups is 1. The number of urea groups is 1. The summed E-state index contributed by atoms with van der Waals surface area (Å²) in [5.74, 6) is 0. The van der Waals surface area contributed by atoms with E-state index in [0.29, 0.717) is 6.54 Å². The minimum Gasteiger partial charge on any atom is -0.394 e. The van der Waals surface area contributed by atoms with Crippen LogP contribution in [0.4, 0.5) is 4.79 Å². The van der Waals surface area contributed by atoms with E-state index in [1.165, 1.54) is 0 Å². The number of likely N-dealkylation sites (tertiary alicyclic amines) is 1. The minimum atomic E-state index is -0.388. The molecule has 0 aliphatic carbocycles. The third kappa shape index (κ3) is 2.72. The van der Waals surface area contributed by atoms with Crippen LogP contribution in [0, 0.1) is 0 Å². The van der Waals surface area contributed by atoms with E-state index < -0.39 is 0 Å². The van der Waals surface area contributed by atoms with E-state index in [1.54, 1.807) is 4.90 Å². The Morgan fingerprint density at radius 3 is 3.06 bits per heavy atom. The lowest BCUT2D eigenvalue weighted by Crippen LogP contribution is -2.52. The van der Waals surface area contributed by atoms with Crippen LogP contribution in [0.15, 0.2) is 0 Å². The number of aliphatic hydroxyl groups is 1. The summed E-state index contributed by atoms with van der Waals surface area (Å²) in [5, 5.41) is 12.3. The summed E-state index contributed by atoms with van der Waals surface area (Å²) in [5.41, 5.74) is -0.388. The van der Waals surface area contributed by atoms with Crippen molar-refractivity contribution in [2.24, 2.45) is 0 Å². The molecule has 0 aromatic heterocycles. The van der Waals surface area contributed by atoms with E-state index in [-0.39, 0.29) is 24.3 Å². The van der Waals surface area contributed by atoms with Gasteiger partial charge in [-0.1, -0.05) is 0 Å². The number of amides is 2. The summed E-state index contributed by atoms with van der Waals surface area (Å²) >= 11 is 0. The van der Waals surface area contributed by atoms with E-state index in [1.807, 2.05) is 6.92 Å². The zero-order valence-corrected chi connectivity index (χ0v) is 10.4. The molecule has 2 aliphatic heterocycles. The molecule has 0 aromatic rings. The molecule has 2 atom stereocenters. The number of hydrogen-bond donors (Lipinski definition) is 2. The van der Waals surface area contributed by atoms with E-state index >= 15 is 0 Å². The molecule has 2 saturated heterocycles. The molecule has 17 heavy (non-hydrogen) atoms. The second-order valence-electron chi connectivity index (χ2n) is 5.23. The Morgan fingerprint density at radius 2 is 2.41 bits per heavy atom. The van der Waals surface area contributed by atoms with Crippen LogP contribution >= 0.6 is 0 Å². The van der Waals surface area contributed by atoms with Gasteiger partial charge in [-0.2, -0.15) is 0 Å². The topological polar surface area (TPSA) is 61.8 Å². The van der Waals surface area contributed by atoms with E-state index in [2.05, 4.69) is 5.32 Å². The smallest absolute Gasteiger partial charge is 0.318 e. The Hall–Kier alpha value is -0.810. The molecule has 5 heteroatoms. The fraction of sp³-hybridized carbons (Fsp3) is 0.917. The van der Waals surface area contributed by atoms with Gasteiger partial charge in [-0.3, -0.25) is 0 Å². The van der Waals surface area contributed by atoms with Gasteiger partial charge in [0, 0.05) is 19.7 Å². The molecule has 2 unspecified atom stereocenters. The number of hydrogen-bond acceptors (Lipinski definition) is 3. The Kier molecular flexibility index (Phi) is 3.89. The van der Waals surface area contributed by atoms with Crippen LogP contribution in [0.25, 0.3) is 0 Å². The second kappa shape index (κ2) is 5.23. The SMILES string of the molecule is CC1(CO)CCCN1C(=O)NCC1CCCO1. The van der Waals surface area contributed by atoms with Crippen molar-refractivity contribution < 1.29 is 14.6 Å². The highest BCUT2D eigenvalue weighted by atomic mass is 16.5. The molecule has 0 saturated carbocycles. The van der Waals surface area contributed by atoms with Crippen LogP contribution in [-0.2, 0) is 4.74 Å². The van der Waals surface area contributed by atoms with Crippen LogP contribution in [-0.4, -0.2) is 54.0 Å². The van der Waals surface area contributed by atoms with Crippen molar-refractivity contribution in [1.82, 2.24) is 10.2 Å². The molecule has 0 spiro atoms. The maximum Gasteiger partial charge on any atom is 0.318 e. The first-order valence-electron chi connectivity index (χ1n) is 6.44. The summed E-state index contributed by atoms with van der Waals surface area (Å²) in [6, 6.07) is -0.0745. The van der Waals surface area contributed by atoms with Crippen LogP contribution in [0.5, 0.6) is 0 Å². The number of rotatable bonds is 3. The fourth-order valence-corrected chi connectivity index (χ4v) is 2.64. The van der Waals surface area contributed by atoms with Crippen molar-refractivity contribution in [3.05, 3.63) is 0 Å². The number of aliphatic hydroxyl groups excluding tert-OH is 1. The van der Waals surface area contributed by atoms with Crippen molar-refractivity contribution >= 4 is 6.03 Å². The largest absolute Gasteiger partial charge is 0.394 e. The molecule has 5 nitrogen and oxygen atoms in total. The molecule has 2 heterocycles. The molecular formula is C12H22N2O3. The van der Waals surface area contributed by atoms with Crippen molar-refractivity contribution in [3.8, 4) is 0 Å². The molecule has 0 radical (unpaired) electrons. The predicted molar refractivity (Wildman–Crippen MR) is 63.8 cm³/mol. The van der Waals surface area contributed by atoms with Crippen molar-refractivity contribution in [2.75, 3.05) is 26.3 Å². The van der Waals surface area contributed by atoms with Gasteiger partial charge in [0.1, 0.15) is 0 Å². The highest BCUT2D eigenvalue weighted by Gasteiger charge is 2.39. The summed E-state index contributed by atoms with van der Waals surface area (Å²) in [6.07, 6.45) is 4.11. The van der Waals surface area contributed by atoms with Crippen molar-refractivity contribution in [2.45, 2.75) is 44.2 Å². The fourth-order valence-electron chi connectivity index (χ4n) is 2.64. The summed E-state index contributed by atoms with van der Waals surface area (Å²) < 4.78 is 5.46. The number of nitrogens with zero attached hydrogens (tertiary/aromatic N) is 1. The van der Waals surface area contributed by atoms with Gasteiger partial charge in [0.15, 0.2) is 0 Å². The van der Waals surface area contributed by atoms with Crippen LogP contribution in [0.3, 0.4) is 0 Å². The Morgan fingerprint density at radius 1 is 1.59 bits per heavy atom. The van der Waals surface area contributed by atoms with E-state index in [4.69, 9.17) is 4.74 Å². The highest BCUT2D eigenvalue weighted by molar-refractivity contribution is 5.75. The van der Waals surface area contributed by atoms with Gasteiger partial charge in [0.05, 0.1) is 18.2 Å². The van der Waals surface area contributed by atoms with Gasteiger partial charge in [-0.05, 0) is 32.6 Å². The number of carbonyl (C=O) groups excluding carboxylic acids is 1. The minimum absolute atomic E-state index is 0.0281. The second-order valence-corrected chi connectivity index (χ2v) is 5.23. The predicted octanol–water partition coefficient (Wildman–Crippen LogP) is 0.722. The summed E-state index contributed by atoms with van der Waals surface area (Å²) in [4.78, 5) is 13.8. The molecule has 2 N–H and O–H groups in total. The highest BCUT2D eigenvalue weighted by Crippen LogP contribution is 2.28. The lowest BCUT2D eigenvalue weighted by atomic mass is 10.0. The quantitative estimate of drug-likeness (QED) is 0.766. The average molecular weight is 242 g/mol. The van der Waals surface area contributed by atoms with Gasteiger partial charge in [-0.15, -0.1) is 0 Å². The lowest BCUT2D eigenvalue weighted by molar-refractivity contribution is 0.0876. The Balaban J connectivity index is 1.82. The molecule has 2 fully saturated rings. The average Bonchev–Trinajstić information content (AvgIpc) is 2.95. The van der Waals surface area contributed by atoms with Crippen LogP contribution in [0.2, 0.25) is 0 Å². The van der Waals surface area contributed by atoms with E-state index in [9.17, 15) is 9.90 Å². The van der Waals surface area contributed by atoms with Gasteiger partial charge in [0.2, 0.25) is 0 Å². The third-order valence-corrected chi connectivity index (χ3v) is 3.84. The molecule has 0 aromatic carbocycles. The first-order valence-corrected chi connectivity index (χ1v) is 6.44. The Labute approximate surface area is 102 Å². The Bertz CT molecular complexity index is 279. The van der Waals surface area contributed by atoms with Gasteiger partial charge in [-0.25, -0.2) is 4.79 Å². The van der Waals surface area contributed by atoms with Crippen LogP contribution < -0.4 is 5.32 Å². The molecule has 2 aliphatic rings. The monoisotopic (exact) mass is 242 g/mol. The first-order chi connectivity index (χ1) is 8.15. The molecule has 0 bridgehead atoms. The van der Waals surface area contributed by atoms with E-state index in [0.717, 1.165) is 38.8 Å². The number of ether oxygens (including phenoxy) is 1. The van der Waals surface area contributed by atoms with Crippen LogP contribution in [0.1, 0.15) is 32.6 Å². The van der Waals surface area contributed by atoms with Gasteiger partial charge in [0.25, 0.3) is 0 Å². The zero-order valence-electron chi connectivity index (χ0n) is 10.4. The molecular weight excluding hydrogens is 220 g/mol. The lowest BCUT2D eigenvalue weighted by Gasteiger charge is -2.33. The summed E-state index contributed by atoms with van der Waals surface area (Å²) in [7, 11) is 0. The molecule has 98 valence electrons. The summed E-state index contributed by atoms with van der Waals surface area (Å²) in [6.45, 7) is 4.08. The number of nitrogens with one attached hydrogen (secondary N) is 1. The third-order valence-electron chi connectivity index (χ3n) is 3.84. The maximum atomic E-state index is 12.0. The van der Waals surface area contributed by atoms with Gasteiger partial charge < -0.3 is 20.1 Å².